The fourth-order valence-electron chi connectivity index (χ4n) is 9.00. The van der Waals surface area contributed by atoms with Gasteiger partial charge in [0.2, 0.25) is 0 Å². The van der Waals surface area contributed by atoms with Crippen LogP contribution in [-0.4, -0.2) is 0 Å². The summed E-state index contributed by atoms with van der Waals surface area (Å²) in [5.74, 6) is 0.101. The Bertz CT molecular complexity index is 3040. The minimum Gasteiger partial charge on any atom is -0.0984 e. The van der Waals surface area contributed by atoms with E-state index < -0.39 is 0 Å². The molecular weight excluding hydrogens is 793 g/mol. The van der Waals surface area contributed by atoms with Gasteiger partial charge in [-0.25, -0.2) is 0 Å². The molecule has 0 fully saturated rings. The van der Waals surface area contributed by atoms with E-state index in [4.69, 9.17) is 0 Å². The minimum atomic E-state index is 0.101. The first-order valence-corrected chi connectivity index (χ1v) is 23.4. The average molecular weight is 855 g/mol. The van der Waals surface area contributed by atoms with Crippen molar-refractivity contribution in [3.63, 3.8) is 0 Å². The third-order valence-electron chi connectivity index (χ3n) is 12.4. The maximum atomic E-state index is 4.18. The molecule has 9 rings (SSSR count). The number of benzene rings is 9. The van der Waals surface area contributed by atoms with Crippen molar-refractivity contribution in [3.8, 4) is 55.6 Å². The van der Waals surface area contributed by atoms with E-state index in [9.17, 15) is 0 Å². The zero-order valence-corrected chi connectivity index (χ0v) is 39.7. The van der Waals surface area contributed by atoms with Gasteiger partial charge in [-0.2, -0.15) is 0 Å². The summed E-state index contributed by atoms with van der Waals surface area (Å²) in [6.45, 7) is 19.4. The second kappa shape index (κ2) is 22.4. The number of allylic oxidation sites excluding steroid dienone is 1. The molecule has 0 bridgehead atoms. The fraction of sp³-hybridized carbons (Fsp3) is 0.121. The largest absolute Gasteiger partial charge is 0.0984 e. The fourth-order valence-corrected chi connectivity index (χ4v) is 9.00. The van der Waals surface area contributed by atoms with Crippen LogP contribution in [0.5, 0.6) is 0 Å². The number of hydrogen-bond donors (Lipinski definition) is 0. The van der Waals surface area contributed by atoms with Crippen molar-refractivity contribution >= 4 is 17.7 Å². The molecule has 0 aliphatic heterocycles. The Kier molecular flexibility index (Phi) is 15.8. The van der Waals surface area contributed by atoms with Gasteiger partial charge in [0.1, 0.15) is 0 Å². The molecule has 0 radical (unpaired) electrons. The molecule has 0 saturated carbocycles. The quantitative estimate of drug-likeness (QED) is 0.120. The lowest BCUT2D eigenvalue weighted by atomic mass is 9.78. The molecule has 0 amide bonds. The van der Waals surface area contributed by atoms with Crippen molar-refractivity contribution < 1.29 is 0 Å². The second-order valence-corrected chi connectivity index (χ2v) is 16.7. The van der Waals surface area contributed by atoms with Crippen molar-refractivity contribution in [2.24, 2.45) is 0 Å². The lowest BCUT2D eigenvalue weighted by Gasteiger charge is -2.26. The molecule has 1 atom stereocenters. The standard InChI is InChI=1S/C45H40.C19H16.C2H6/c1-6-35-25-26-38(36-19-9-7-10-20-36)29-39(35)30-44(37-21-11-8-12-22-37)34(5)45-33(4)42(40-23-15-13-17-31(40)2)27-28-43(45)41-24-16-14-18-32(41)3;1-15-7-5-10-17(13-15)19-12-6-11-18(14-19)16-8-3-2-4-9-16;1-2/h6-30,34H,1H2,2-5H3;2-14H,1H3;1-2H3/b44-30+;;. The van der Waals surface area contributed by atoms with Crippen molar-refractivity contribution in [1.82, 2.24) is 0 Å². The van der Waals surface area contributed by atoms with Crippen LogP contribution in [0.4, 0.5) is 0 Å². The molecule has 0 saturated heterocycles. The van der Waals surface area contributed by atoms with Crippen LogP contribution in [0.25, 0.3) is 73.4 Å². The Morgan fingerprint density at radius 3 is 1.41 bits per heavy atom. The van der Waals surface area contributed by atoms with Crippen LogP contribution >= 0.6 is 0 Å². The first-order valence-electron chi connectivity index (χ1n) is 23.4. The molecular formula is C66H62. The summed E-state index contributed by atoms with van der Waals surface area (Å²) >= 11 is 0. The molecule has 0 N–H and O–H groups in total. The maximum absolute atomic E-state index is 4.18. The van der Waals surface area contributed by atoms with Gasteiger partial charge in [0.25, 0.3) is 0 Å². The van der Waals surface area contributed by atoms with Gasteiger partial charge in [0.15, 0.2) is 0 Å². The van der Waals surface area contributed by atoms with Gasteiger partial charge in [-0.05, 0) is 146 Å². The van der Waals surface area contributed by atoms with Gasteiger partial charge >= 0.3 is 0 Å². The number of hydrogen-bond acceptors (Lipinski definition) is 0. The first-order chi connectivity index (χ1) is 32.3. The van der Waals surface area contributed by atoms with E-state index in [0.717, 1.165) is 5.56 Å². The molecule has 326 valence electrons. The summed E-state index contributed by atoms with van der Waals surface area (Å²) in [5.41, 5.74) is 24.0. The first kappa shape index (κ1) is 46.5. The zero-order valence-electron chi connectivity index (χ0n) is 39.7. The molecule has 0 aliphatic rings. The molecule has 0 heteroatoms. The lowest BCUT2D eigenvalue weighted by molar-refractivity contribution is 0.979. The van der Waals surface area contributed by atoms with Gasteiger partial charge in [-0.15, -0.1) is 0 Å². The predicted molar refractivity (Wildman–Crippen MR) is 290 cm³/mol. The Balaban J connectivity index is 0.000000256. The lowest BCUT2D eigenvalue weighted by Crippen LogP contribution is -2.06. The molecule has 0 aliphatic carbocycles. The van der Waals surface area contributed by atoms with E-state index in [1.54, 1.807) is 0 Å². The van der Waals surface area contributed by atoms with Crippen LogP contribution in [0.3, 0.4) is 0 Å². The SMILES string of the molecule is C=Cc1ccc(-c2ccccc2)cc1/C=C(/c1ccccc1)C(C)c1c(-c2ccccc2C)ccc(-c2ccccc2C)c1C.CC.Cc1cccc(-c2cccc(-c3ccccc3)c2)c1. The maximum Gasteiger partial charge on any atom is 0.00761 e. The molecule has 0 heterocycles. The van der Waals surface area contributed by atoms with Crippen LogP contribution in [-0.2, 0) is 0 Å². The Morgan fingerprint density at radius 1 is 0.394 bits per heavy atom. The van der Waals surface area contributed by atoms with E-state index in [-0.39, 0.29) is 5.92 Å². The van der Waals surface area contributed by atoms with E-state index >= 15 is 0 Å². The van der Waals surface area contributed by atoms with Crippen LogP contribution in [0.2, 0.25) is 0 Å². The molecule has 0 spiro atoms. The summed E-state index contributed by atoms with van der Waals surface area (Å²) in [5, 5.41) is 0. The summed E-state index contributed by atoms with van der Waals surface area (Å²) in [6.07, 6.45) is 4.36. The third-order valence-corrected chi connectivity index (χ3v) is 12.4. The summed E-state index contributed by atoms with van der Waals surface area (Å²) in [7, 11) is 0. The zero-order chi connectivity index (χ0) is 46.4. The van der Waals surface area contributed by atoms with Crippen molar-refractivity contribution in [2.45, 2.75) is 54.4 Å². The monoisotopic (exact) mass is 854 g/mol. The Hall–Kier alpha value is -7.54. The highest BCUT2D eigenvalue weighted by atomic mass is 14.3. The average Bonchev–Trinajstić information content (AvgIpc) is 3.37. The normalized spacial score (nSPS) is 11.3. The number of rotatable bonds is 10. The molecule has 1 unspecified atom stereocenters. The van der Waals surface area contributed by atoms with Crippen LogP contribution < -0.4 is 0 Å². The summed E-state index contributed by atoms with van der Waals surface area (Å²) in [4.78, 5) is 0. The minimum absolute atomic E-state index is 0.101. The van der Waals surface area contributed by atoms with Gasteiger partial charge < -0.3 is 0 Å². The third kappa shape index (κ3) is 10.9. The topological polar surface area (TPSA) is 0 Å². The van der Waals surface area contributed by atoms with E-state index in [1.165, 1.54) is 100 Å². The second-order valence-electron chi connectivity index (χ2n) is 16.7. The molecule has 0 aromatic heterocycles. The van der Waals surface area contributed by atoms with Crippen LogP contribution in [0, 0.1) is 27.7 Å². The number of aryl methyl sites for hydroxylation is 3. The van der Waals surface area contributed by atoms with Crippen molar-refractivity contribution in [2.75, 3.05) is 0 Å². The van der Waals surface area contributed by atoms with Crippen molar-refractivity contribution in [3.05, 3.63) is 269 Å². The van der Waals surface area contributed by atoms with Gasteiger partial charge in [0, 0.05) is 5.92 Å². The van der Waals surface area contributed by atoms with Gasteiger partial charge in [-0.3, -0.25) is 0 Å². The van der Waals surface area contributed by atoms with E-state index in [2.05, 4.69) is 260 Å². The highest BCUT2D eigenvalue weighted by Gasteiger charge is 2.23. The summed E-state index contributed by atoms with van der Waals surface area (Å²) < 4.78 is 0. The van der Waals surface area contributed by atoms with Crippen LogP contribution in [0.15, 0.2) is 225 Å². The molecule has 66 heavy (non-hydrogen) atoms. The Labute approximate surface area is 395 Å². The van der Waals surface area contributed by atoms with Crippen molar-refractivity contribution in [1.29, 1.82) is 0 Å². The van der Waals surface area contributed by atoms with Crippen LogP contribution in [0.1, 0.15) is 71.2 Å². The smallest absolute Gasteiger partial charge is 0.00761 e. The highest BCUT2D eigenvalue weighted by Crippen LogP contribution is 2.44. The Morgan fingerprint density at radius 2 is 0.848 bits per heavy atom. The molecule has 9 aromatic rings. The van der Waals surface area contributed by atoms with Gasteiger partial charge in [-0.1, -0.05) is 245 Å². The molecule has 9 aromatic carbocycles. The van der Waals surface area contributed by atoms with E-state index in [1.807, 2.05) is 26.0 Å². The predicted octanol–water partition coefficient (Wildman–Crippen LogP) is 19.0. The van der Waals surface area contributed by atoms with E-state index in [0.29, 0.717) is 0 Å². The molecule has 0 nitrogen and oxygen atoms in total. The van der Waals surface area contributed by atoms with Gasteiger partial charge in [0.05, 0.1) is 0 Å². The highest BCUT2D eigenvalue weighted by molar-refractivity contribution is 5.91. The summed E-state index contributed by atoms with van der Waals surface area (Å²) in [6, 6.07) is 78.2.